The third kappa shape index (κ3) is 3.42. The van der Waals surface area contributed by atoms with Crippen molar-refractivity contribution in [2.75, 3.05) is 13.2 Å². The summed E-state index contributed by atoms with van der Waals surface area (Å²) >= 11 is 0. The van der Waals surface area contributed by atoms with Crippen LogP contribution in [0.5, 0.6) is 0 Å². The van der Waals surface area contributed by atoms with Crippen LogP contribution in [-0.2, 0) is 9.53 Å². The fourth-order valence-electron chi connectivity index (χ4n) is 0.597. The number of hydrogen-bond donors (Lipinski definition) is 2. The smallest absolute Gasteiger partial charge is 0.332 e. The van der Waals surface area contributed by atoms with Gasteiger partial charge in [-0.2, -0.15) is 0 Å². The highest BCUT2D eigenvalue weighted by molar-refractivity contribution is 5.72. The average Bonchev–Trinajstić information content (AvgIpc) is 1.87. The summed E-state index contributed by atoms with van der Waals surface area (Å²) in [5.74, 6) is -1.02. The molecule has 0 radical (unpaired) electrons. The Morgan fingerprint density at radius 3 is 2.60 bits per heavy atom. The highest BCUT2D eigenvalue weighted by Gasteiger charge is 2.15. The van der Waals surface area contributed by atoms with E-state index in [2.05, 4.69) is 0 Å². The third-order valence-corrected chi connectivity index (χ3v) is 1.03. The van der Waals surface area contributed by atoms with Gasteiger partial charge in [-0.05, 0) is 6.92 Å². The van der Waals surface area contributed by atoms with Crippen molar-refractivity contribution in [3.8, 4) is 0 Å². The topological polar surface area (TPSA) is 66.8 Å². The number of ether oxygens (including phenoxy) is 1. The number of rotatable bonds is 5. The van der Waals surface area contributed by atoms with E-state index in [0.29, 0.717) is 6.61 Å². The van der Waals surface area contributed by atoms with Crippen molar-refractivity contribution < 1.29 is 19.7 Å². The van der Waals surface area contributed by atoms with Crippen LogP contribution >= 0.6 is 0 Å². The highest BCUT2D eigenvalue weighted by atomic mass is 16.5. The maximum atomic E-state index is 10.2. The zero-order valence-corrected chi connectivity index (χ0v) is 5.91. The van der Waals surface area contributed by atoms with E-state index in [9.17, 15) is 4.79 Å². The lowest BCUT2D eigenvalue weighted by Gasteiger charge is -2.09. The molecule has 0 aliphatic rings. The molecule has 10 heavy (non-hydrogen) atoms. The SMILES string of the molecule is CCOC(CCO)C(=O)O. The van der Waals surface area contributed by atoms with Crippen LogP contribution in [0.1, 0.15) is 13.3 Å². The quantitative estimate of drug-likeness (QED) is 0.569. The summed E-state index contributed by atoms with van der Waals surface area (Å²) < 4.78 is 4.78. The average molecular weight is 148 g/mol. The Bertz CT molecular complexity index is 95.9. The summed E-state index contributed by atoms with van der Waals surface area (Å²) in [5, 5.41) is 16.8. The first-order chi connectivity index (χ1) is 4.72. The normalized spacial score (nSPS) is 13.0. The van der Waals surface area contributed by atoms with Gasteiger partial charge in [0.1, 0.15) is 0 Å². The van der Waals surface area contributed by atoms with E-state index >= 15 is 0 Å². The predicted molar refractivity (Wildman–Crippen MR) is 34.8 cm³/mol. The van der Waals surface area contributed by atoms with Crippen LogP contribution in [0.3, 0.4) is 0 Å². The molecule has 0 rings (SSSR count). The third-order valence-electron chi connectivity index (χ3n) is 1.03. The number of carboxylic acid groups (broad SMARTS) is 1. The molecule has 1 atom stereocenters. The molecule has 0 spiro atoms. The molecule has 0 aromatic rings. The van der Waals surface area contributed by atoms with Crippen molar-refractivity contribution in [2.24, 2.45) is 0 Å². The molecule has 0 aromatic carbocycles. The van der Waals surface area contributed by atoms with Gasteiger partial charge in [-0.15, -0.1) is 0 Å². The van der Waals surface area contributed by atoms with Crippen LogP contribution in [0.4, 0.5) is 0 Å². The second-order valence-corrected chi connectivity index (χ2v) is 1.79. The molecule has 0 fully saturated rings. The number of carboxylic acids is 1. The first-order valence-electron chi connectivity index (χ1n) is 3.17. The van der Waals surface area contributed by atoms with Crippen LogP contribution in [0.2, 0.25) is 0 Å². The van der Waals surface area contributed by atoms with Crippen molar-refractivity contribution in [3.63, 3.8) is 0 Å². The summed E-state index contributed by atoms with van der Waals surface area (Å²) in [7, 11) is 0. The van der Waals surface area contributed by atoms with Gasteiger partial charge >= 0.3 is 5.97 Å². The predicted octanol–water partition coefficient (Wildman–Crippen LogP) is -0.142. The van der Waals surface area contributed by atoms with Gasteiger partial charge in [-0.1, -0.05) is 0 Å². The molecule has 4 heteroatoms. The first kappa shape index (κ1) is 9.39. The Morgan fingerprint density at radius 2 is 2.30 bits per heavy atom. The van der Waals surface area contributed by atoms with E-state index in [0.717, 1.165) is 0 Å². The Morgan fingerprint density at radius 1 is 1.70 bits per heavy atom. The van der Waals surface area contributed by atoms with E-state index in [1.807, 2.05) is 0 Å². The van der Waals surface area contributed by atoms with Gasteiger partial charge in [0, 0.05) is 19.6 Å². The van der Waals surface area contributed by atoms with Crippen molar-refractivity contribution in [1.82, 2.24) is 0 Å². The lowest BCUT2D eigenvalue weighted by Crippen LogP contribution is -2.24. The van der Waals surface area contributed by atoms with Crippen molar-refractivity contribution in [3.05, 3.63) is 0 Å². The zero-order chi connectivity index (χ0) is 7.98. The van der Waals surface area contributed by atoms with E-state index in [4.69, 9.17) is 14.9 Å². The second kappa shape index (κ2) is 5.20. The molecule has 0 aliphatic heterocycles. The first-order valence-corrected chi connectivity index (χ1v) is 3.17. The largest absolute Gasteiger partial charge is 0.479 e. The maximum absolute atomic E-state index is 10.2. The molecule has 4 nitrogen and oxygen atoms in total. The molecule has 0 heterocycles. The van der Waals surface area contributed by atoms with E-state index in [1.54, 1.807) is 6.92 Å². The molecule has 2 N–H and O–H groups in total. The van der Waals surface area contributed by atoms with Gasteiger partial charge in [0.2, 0.25) is 0 Å². The number of aliphatic carboxylic acids is 1. The highest BCUT2D eigenvalue weighted by Crippen LogP contribution is 1.96. The zero-order valence-electron chi connectivity index (χ0n) is 5.91. The van der Waals surface area contributed by atoms with E-state index in [-0.39, 0.29) is 13.0 Å². The van der Waals surface area contributed by atoms with Crippen LogP contribution < -0.4 is 0 Å². The molecular formula is C6H12O4. The number of aliphatic hydroxyl groups excluding tert-OH is 1. The summed E-state index contributed by atoms with van der Waals surface area (Å²) in [4.78, 5) is 10.2. The van der Waals surface area contributed by atoms with Crippen LogP contribution in [0, 0.1) is 0 Å². The molecule has 0 bridgehead atoms. The molecular weight excluding hydrogens is 136 g/mol. The van der Waals surface area contributed by atoms with Crippen molar-refractivity contribution in [2.45, 2.75) is 19.4 Å². The summed E-state index contributed by atoms with van der Waals surface area (Å²) in [6.07, 6.45) is -0.696. The van der Waals surface area contributed by atoms with Gasteiger partial charge in [-0.25, -0.2) is 4.79 Å². The van der Waals surface area contributed by atoms with Crippen molar-refractivity contribution >= 4 is 5.97 Å². The summed E-state index contributed by atoms with van der Waals surface area (Å²) in [6, 6.07) is 0. The minimum Gasteiger partial charge on any atom is -0.479 e. The molecule has 0 aliphatic carbocycles. The minimum absolute atomic E-state index is 0.156. The Balaban J connectivity index is 3.61. The fraction of sp³-hybridized carbons (Fsp3) is 0.833. The maximum Gasteiger partial charge on any atom is 0.332 e. The molecule has 60 valence electrons. The van der Waals surface area contributed by atoms with Gasteiger partial charge in [-0.3, -0.25) is 0 Å². The molecule has 0 saturated carbocycles. The summed E-state index contributed by atoms with van der Waals surface area (Å²) in [5.41, 5.74) is 0. The van der Waals surface area contributed by atoms with Crippen LogP contribution in [-0.4, -0.2) is 35.5 Å². The standard InChI is InChI=1S/C6H12O4/c1-2-10-5(3-4-7)6(8)9/h5,7H,2-4H2,1H3,(H,8,9). The monoisotopic (exact) mass is 148 g/mol. The van der Waals surface area contributed by atoms with Gasteiger partial charge in [0.15, 0.2) is 6.10 Å². The minimum atomic E-state index is -1.02. The van der Waals surface area contributed by atoms with Crippen LogP contribution in [0.25, 0.3) is 0 Å². The van der Waals surface area contributed by atoms with Crippen LogP contribution in [0.15, 0.2) is 0 Å². The number of aliphatic hydroxyl groups is 1. The van der Waals surface area contributed by atoms with E-state index < -0.39 is 12.1 Å². The van der Waals surface area contributed by atoms with Gasteiger partial charge < -0.3 is 14.9 Å². The lowest BCUT2D eigenvalue weighted by atomic mass is 10.3. The van der Waals surface area contributed by atoms with E-state index in [1.165, 1.54) is 0 Å². The lowest BCUT2D eigenvalue weighted by molar-refractivity contribution is -0.151. The fourth-order valence-corrected chi connectivity index (χ4v) is 0.597. The number of hydrogen-bond acceptors (Lipinski definition) is 3. The van der Waals surface area contributed by atoms with Gasteiger partial charge in [0.25, 0.3) is 0 Å². The molecule has 0 saturated heterocycles. The molecule has 0 aromatic heterocycles. The van der Waals surface area contributed by atoms with Crippen molar-refractivity contribution in [1.29, 1.82) is 0 Å². The molecule has 1 unspecified atom stereocenters. The second-order valence-electron chi connectivity index (χ2n) is 1.79. The molecule has 0 amide bonds. The Kier molecular flexibility index (Phi) is 4.88. The number of carbonyl (C=O) groups is 1. The van der Waals surface area contributed by atoms with Gasteiger partial charge in [0.05, 0.1) is 0 Å². The Hall–Kier alpha value is -0.610. The Labute approximate surface area is 59.4 Å². The summed E-state index contributed by atoms with van der Waals surface area (Å²) in [6.45, 7) is 1.92.